The Bertz CT molecular complexity index is 376. The number of rotatable bonds is 12. The molecule has 4 nitrogen and oxygen atoms in total. The lowest BCUT2D eigenvalue weighted by Crippen LogP contribution is -2.17. The Morgan fingerprint density at radius 3 is 2.38 bits per heavy atom. The summed E-state index contributed by atoms with van der Waals surface area (Å²) in [6.07, 6.45) is 13.1. The second-order valence-electron chi connectivity index (χ2n) is 5.84. The molecule has 0 fully saturated rings. The van der Waals surface area contributed by atoms with E-state index in [4.69, 9.17) is 10.5 Å². The number of unbranched alkanes of at least 4 members (excludes halogenated alkanes) is 6. The molecule has 0 aliphatic carbocycles. The number of ether oxygens (including phenoxy) is 1. The number of nitrogens with zero attached hydrogens (tertiary/aromatic N) is 2. The van der Waals surface area contributed by atoms with Crippen LogP contribution < -0.4 is 10.5 Å². The van der Waals surface area contributed by atoms with E-state index in [-0.39, 0.29) is 6.04 Å². The molecule has 0 aromatic carbocycles. The van der Waals surface area contributed by atoms with E-state index >= 15 is 0 Å². The minimum absolute atomic E-state index is 0.0321. The Hall–Kier alpha value is -1.03. The first-order valence-corrected chi connectivity index (χ1v) is 8.59. The third-order valence-electron chi connectivity index (χ3n) is 3.97. The monoisotopic (exact) mass is 295 g/mol. The molecule has 2 N–H and O–H groups in total. The van der Waals surface area contributed by atoms with E-state index < -0.39 is 0 Å². The van der Waals surface area contributed by atoms with Gasteiger partial charge in [0, 0.05) is 6.54 Å². The minimum Gasteiger partial charge on any atom is -0.493 e. The average Bonchev–Trinajstić information content (AvgIpc) is 2.89. The fraction of sp³-hybridized carbons (Fsp3) is 0.824. The van der Waals surface area contributed by atoms with Crippen LogP contribution in [-0.4, -0.2) is 16.9 Å². The van der Waals surface area contributed by atoms with Crippen molar-refractivity contribution in [2.75, 3.05) is 7.11 Å². The van der Waals surface area contributed by atoms with Gasteiger partial charge in [0.15, 0.2) is 5.75 Å². The van der Waals surface area contributed by atoms with Gasteiger partial charge in [-0.05, 0) is 12.8 Å². The predicted molar refractivity (Wildman–Crippen MR) is 88.6 cm³/mol. The van der Waals surface area contributed by atoms with Crippen molar-refractivity contribution in [3.63, 3.8) is 0 Å². The van der Waals surface area contributed by atoms with E-state index in [1.807, 2.05) is 4.68 Å². The van der Waals surface area contributed by atoms with Crippen molar-refractivity contribution in [3.8, 4) is 5.75 Å². The van der Waals surface area contributed by atoms with Crippen LogP contribution in [0.15, 0.2) is 6.20 Å². The third-order valence-corrected chi connectivity index (χ3v) is 3.97. The number of aryl methyl sites for hydroxylation is 1. The summed E-state index contributed by atoms with van der Waals surface area (Å²) in [5, 5.41) is 4.39. The van der Waals surface area contributed by atoms with Crippen LogP contribution in [-0.2, 0) is 6.54 Å². The molecule has 0 aliphatic heterocycles. The molecule has 0 aliphatic rings. The molecule has 122 valence electrons. The standard InChI is InChI=1S/C17H33N3O/c1-4-6-7-8-9-10-11-12-15(18)17-16(21-3)14-19-20(17)13-5-2/h14-15H,4-13,18H2,1-3H3. The van der Waals surface area contributed by atoms with Gasteiger partial charge in [-0.2, -0.15) is 5.10 Å². The van der Waals surface area contributed by atoms with E-state index in [2.05, 4.69) is 18.9 Å². The van der Waals surface area contributed by atoms with Crippen molar-refractivity contribution in [1.82, 2.24) is 9.78 Å². The SMILES string of the molecule is CCCCCCCCCC(N)c1c(OC)cnn1CCC. The van der Waals surface area contributed by atoms with Gasteiger partial charge in [-0.1, -0.05) is 58.8 Å². The Balaban J connectivity index is 2.37. The zero-order chi connectivity index (χ0) is 15.5. The maximum Gasteiger partial charge on any atom is 0.161 e. The summed E-state index contributed by atoms with van der Waals surface area (Å²) >= 11 is 0. The largest absolute Gasteiger partial charge is 0.493 e. The predicted octanol–water partition coefficient (Wildman–Crippen LogP) is 4.44. The first-order valence-electron chi connectivity index (χ1n) is 8.59. The van der Waals surface area contributed by atoms with Crippen molar-refractivity contribution in [1.29, 1.82) is 0 Å². The molecule has 4 heteroatoms. The van der Waals surface area contributed by atoms with Crippen LogP contribution in [0.5, 0.6) is 5.75 Å². The van der Waals surface area contributed by atoms with Crippen LogP contribution in [0, 0.1) is 0 Å². The first kappa shape index (κ1) is 18.0. The summed E-state index contributed by atoms with van der Waals surface area (Å²) < 4.78 is 7.41. The summed E-state index contributed by atoms with van der Waals surface area (Å²) in [5.41, 5.74) is 7.43. The fourth-order valence-corrected chi connectivity index (χ4v) is 2.76. The summed E-state index contributed by atoms with van der Waals surface area (Å²) in [7, 11) is 1.69. The van der Waals surface area contributed by atoms with Gasteiger partial charge in [0.2, 0.25) is 0 Å². The molecule has 0 saturated carbocycles. The minimum atomic E-state index is 0.0321. The molecule has 0 spiro atoms. The maximum absolute atomic E-state index is 6.37. The highest BCUT2D eigenvalue weighted by molar-refractivity contribution is 5.28. The van der Waals surface area contributed by atoms with Crippen LogP contribution in [0.1, 0.15) is 83.4 Å². The molecule has 1 rings (SSSR count). The van der Waals surface area contributed by atoms with Gasteiger partial charge in [0.25, 0.3) is 0 Å². The van der Waals surface area contributed by atoms with Gasteiger partial charge in [-0.25, -0.2) is 0 Å². The van der Waals surface area contributed by atoms with Crippen molar-refractivity contribution in [3.05, 3.63) is 11.9 Å². The Kier molecular flexibility index (Phi) is 9.15. The van der Waals surface area contributed by atoms with Gasteiger partial charge in [0.1, 0.15) is 0 Å². The zero-order valence-corrected chi connectivity index (χ0v) is 14.1. The normalized spacial score (nSPS) is 12.6. The number of nitrogens with two attached hydrogens (primary N) is 1. The van der Waals surface area contributed by atoms with E-state index in [0.717, 1.165) is 30.8 Å². The molecule has 0 radical (unpaired) electrons. The van der Waals surface area contributed by atoms with E-state index in [1.165, 1.54) is 44.9 Å². The van der Waals surface area contributed by atoms with Crippen LogP contribution in [0.25, 0.3) is 0 Å². The van der Waals surface area contributed by atoms with E-state index in [9.17, 15) is 0 Å². The fourth-order valence-electron chi connectivity index (χ4n) is 2.76. The van der Waals surface area contributed by atoms with Gasteiger partial charge in [-0.15, -0.1) is 0 Å². The molecule has 1 aromatic rings. The van der Waals surface area contributed by atoms with Crippen LogP contribution in [0.4, 0.5) is 0 Å². The maximum atomic E-state index is 6.37. The zero-order valence-electron chi connectivity index (χ0n) is 14.1. The van der Waals surface area contributed by atoms with E-state index in [0.29, 0.717) is 0 Å². The van der Waals surface area contributed by atoms with Gasteiger partial charge in [-0.3, -0.25) is 4.68 Å². The van der Waals surface area contributed by atoms with Crippen molar-refractivity contribution in [2.24, 2.45) is 5.73 Å². The molecular weight excluding hydrogens is 262 g/mol. The lowest BCUT2D eigenvalue weighted by molar-refractivity contribution is 0.396. The molecule has 1 heterocycles. The number of methoxy groups -OCH3 is 1. The Morgan fingerprint density at radius 1 is 1.10 bits per heavy atom. The number of aromatic nitrogens is 2. The molecule has 1 atom stereocenters. The average molecular weight is 295 g/mol. The quantitative estimate of drug-likeness (QED) is 0.580. The lowest BCUT2D eigenvalue weighted by Gasteiger charge is -2.15. The molecule has 1 aromatic heterocycles. The Labute approximate surface area is 130 Å². The highest BCUT2D eigenvalue weighted by atomic mass is 16.5. The smallest absolute Gasteiger partial charge is 0.161 e. The van der Waals surface area contributed by atoms with Gasteiger partial charge < -0.3 is 10.5 Å². The lowest BCUT2D eigenvalue weighted by atomic mass is 10.0. The third kappa shape index (κ3) is 6.08. The first-order chi connectivity index (χ1) is 10.2. The van der Waals surface area contributed by atoms with Crippen molar-refractivity contribution >= 4 is 0 Å². The van der Waals surface area contributed by atoms with Crippen molar-refractivity contribution in [2.45, 2.75) is 84.2 Å². The molecule has 0 saturated heterocycles. The molecule has 1 unspecified atom stereocenters. The second kappa shape index (κ2) is 10.7. The van der Waals surface area contributed by atoms with Gasteiger partial charge in [0.05, 0.1) is 25.0 Å². The van der Waals surface area contributed by atoms with Crippen LogP contribution in [0.2, 0.25) is 0 Å². The highest BCUT2D eigenvalue weighted by Gasteiger charge is 2.17. The molecule has 0 bridgehead atoms. The van der Waals surface area contributed by atoms with Crippen LogP contribution >= 0.6 is 0 Å². The van der Waals surface area contributed by atoms with Crippen molar-refractivity contribution < 1.29 is 4.74 Å². The summed E-state index contributed by atoms with van der Waals surface area (Å²) in [4.78, 5) is 0. The second-order valence-corrected chi connectivity index (χ2v) is 5.84. The molecule has 0 amide bonds. The number of hydrogen-bond donors (Lipinski definition) is 1. The van der Waals surface area contributed by atoms with Crippen LogP contribution in [0.3, 0.4) is 0 Å². The molecular formula is C17H33N3O. The summed E-state index contributed by atoms with van der Waals surface area (Å²) in [6, 6.07) is 0.0321. The highest BCUT2D eigenvalue weighted by Crippen LogP contribution is 2.27. The number of hydrogen-bond acceptors (Lipinski definition) is 3. The topological polar surface area (TPSA) is 53.1 Å². The molecule has 21 heavy (non-hydrogen) atoms. The van der Waals surface area contributed by atoms with E-state index in [1.54, 1.807) is 13.3 Å². The van der Waals surface area contributed by atoms with Gasteiger partial charge >= 0.3 is 0 Å². The summed E-state index contributed by atoms with van der Waals surface area (Å²) in [5.74, 6) is 0.832. The Morgan fingerprint density at radius 2 is 1.76 bits per heavy atom. The summed E-state index contributed by atoms with van der Waals surface area (Å²) in [6.45, 7) is 5.31.